The summed E-state index contributed by atoms with van der Waals surface area (Å²) in [7, 11) is 1.50. The Labute approximate surface area is 107 Å². The second kappa shape index (κ2) is 4.73. The maximum absolute atomic E-state index is 12.1. The van der Waals surface area contributed by atoms with E-state index in [9.17, 15) is 4.79 Å². The highest BCUT2D eigenvalue weighted by Crippen LogP contribution is 2.26. The number of thiazole rings is 1. The smallest absolute Gasteiger partial charge is 0.216 e. The number of nitrogen functional groups attached to an aromatic ring is 1. The Morgan fingerprint density at radius 1 is 1.53 bits per heavy atom. The molecule has 88 valence electrons. The Balaban J connectivity index is 2.46. The first-order valence-electron chi connectivity index (χ1n) is 4.71. The number of hydrogen-bond acceptors (Lipinski definition) is 5. The number of benzene rings is 1. The molecular weight excluding hydrogens is 260 g/mol. The zero-order valence-electron chi connectivity index (χ0n) is 8.94. The predicted octanol–water partition coefficient (Wildman–Crippen LogP) is 2.62. The van der Waals surface area contributed by atoms with Crippen LogP contribution in [-0.2, 0) is 0 Å². The number of hydrogen-bond donors (Lipinski definition) is 1. The largest absolute Gasteiger partial charge is 0.496 e. The summed E-state index contributed by atoms with van der Waals surface area (Å²) in [6.07, 6.45) is 0. The van der Waals surface area contributed by atoms with Gasteiger partial charge in [0.05, 0.1) is 12.7 Å². The van der Waals surface area contributed by atoms with Crippen molar-refractivity contribution < 1.29 is 9.53 Å². The zero-order valence-corrected chi connectivity index (χ0v) is 10.5. The molecule has 0 aliphatic rings. The summed E-state index contributed by atoms with van der Waals surface area (Å²) in [6, 6.07) is 4.86. The van der Waals surface area contributed by atoms with Crippen molar-refractivity contribution >= 4 is 33.9 Å². The van der Waals surface area contributed by atoms with Crippen molar-refractivity contribution in [2.45, 2.75) is 0 Å². The van der Waals surface area contributed by atoms with Crippen LogP contribution < -0.4 is 10.5 Å². The second-order valence-electron chi connectivity index (χ2n) is 3.24. The third-order valence-electron chi connectivity index (χ3n) is 2.16. The van der Waals surface area contributed by atoms with Crippen molar-refractivity contribution in [3.8, 4) is 5.75 Å². The Kier molecular flexibility index (Phi) is 3.31. The van der Waals surface area contributed by atoms with Gasteiger partial charge in [-0.1, -0.05) is 11.6 Å². The van der Waals surface area contributed by atoms with Crippen LogP contribution in [0.5, 0.6) is 5.75 Å². The first-order valence-corrected chi connectivity index (χ1v) is 5.97. The van der Waals surface area contributed by atoms with Crippen molar-refractivity contribution in [2.24, 2.45) is 0 Å². The topological polar surface area (TPSA) is 65.2 Å². The molecule has 0 radical (unpaired) electrons. The van der Waals surface area contributed by atoms with Crippen molar-refractivity contribution in [3.05, 3.63) is 39.9 Å². The van der Waals surface area contributed by atoms with Crippen LogP contribution >= 0.6 is 22.9 Å². The van der Waals surface area contributed by atoms with Gasteiger partial charge in [-0.15, -0.1) is 11.3 Å². The van der Waals surface area contributed by atoms with E-state index in [0.29, 0.717) is 27.2 Å². The van der Waals surface area contributed by atoms with Crippen LogP contribution in [0.4, 0.5) is 5.13 Å². The fourth-order valence-electron chi connectivity index (χ4n) is 1.39. The van der Waals surface area contributed by atoms with Crippen LogP contribution in [0.1, 0.15) is 16.1 Å². The van der Waals surface area contributed by atoms with Crippen molar-refractivity contribution in [3.63, 3.8) is 0 Å². The van der Waals surface area contributed by atoms with Crippen LogP contribution in [0.2, 0.25) is 5.02 Å². The SMILES string of the molecule is COc1ccc(Cl)cc1C(=O)c1csc(N)n1. The van der Waals surface area contributed by atoms with E-state index < -0.39 is 0 Å². The molecule has 0 bridgehead atoms. The summed E-state index contributed by atoms with van der Waals surface area (Å²) in [5.74, 6) is 0.211. The number of ketones is 1. The minimum absolute atomic E-state index is 0.252. The number of ether oxygens (including phenoxy) is 1. The van der Waals surface area contributed by atoms with E-state index in [4.69, 9.17) is 22.1 Å². The molecule has 2 aromatic rings. The van der Waals surface area contributed by atoms with Gasteiger partial charge in [0, 0.05) is 10.4 Å². The third kappa shape index (κ3) is 2.40. The maximum atomic E-state index is 12.1. The molecule has 0 unspecified atom stereocenters. The lowest BCUT2D eigenvalue weighted by Gasteiger charge is -2.06. The lowest BCUT2D eigenvalue weighted by molar-refractivity contribution is 0.103. The minimum Gasteiger partial charge on any atom is -0.496 e. The highest BCUT2D eigenvalue weighted by molar-refractivity contribution is 7.13. The summed E-state index contributed by atoms with van der Waals surface area (Å²) < 4.78 is 5.11. The van der Waals surface area contributed by atoms with E-state index in [-0.39, 0.29) is 5.78 Å². The molecule has 0 aliphatic carbocycles. The van der Waals surface area contributed by atoms with E-state index in [1.807, 2.05) is 0 Å². The van der Waals surface area contributed by atoms with E-state index in [2.05, 4.69) is 4.98 Å². The van der Waals surface area contributed by atoms with E-state index >= 15 is 0 Å². The molecule has 2 rings (SSSR count). The molecule has 17 heavy (non-hydrogen) atoms. The van der Waals surface area contributed by atoms with Crippen LogP contribution in [-0.4, -0.2) is 17.9 Å². The number of nitrogens with two attached hydrogens (primary N) is 1. The molecule has 1 aromatic carbocycles. The molecule has 1 heterocycles. The Morgan fingerprint density at radius 2 is 2.29 bits per heavy atom. The van der Waals surface area contributed by atoms with Crippen LogP contribution in [0.15, 0.2) is 23.6 Å². The standard InChI is InChI=1S/C11H9ClN2O2S/c1-16-9-3-2-6(12)4-7(9)10(15)8-5-17-11(13)14-8/h2-5H,1H3,(H2,13,14). The van der Waals surface area contributed by atoms with Crippen molar-refractivity contribution in [2.75, 3.05) is 12.8 Å². The number of carbonyl (C=O) groups excluding carboxylic acids is 1. The molecule has 1 aromatic heterocycles. The van der Waals surface area contributed by atoms with E-state index in [1.165, 1.54) is 18.4 Å². The van der Waals surface area contributed by atoms with Gasteiger partial charge in [-0.3, -0.25) is 4.79 Å². The van der Waals surface area contributed by atoms with Gasteiger partial charge < -0.3 is 10.5 Å². The predicted molar refractivity (Wildman–Crippen MR) is 68.0 cm³/mol. The monoisotopic (exact) mass is 268 g/mol. The average molecular weight is 269 g/mol. The van der Waals surface area contributed by atoms with E-state index in [1.54, 1.807) is 23.6 Å². The number of rotatable bonds is 3. The zero-order chi connectivity index (χ0) is 12.4. The fourth-order valence-corrected chi connectivity index (χ4v) is 2.10. The second-order valence-corrected chi connectivity index (χ2v) is 4.57. The van der Waals surface area contributed by atoms with Gasteiger partial charge in [0.15, 0.2) is 5.13 Å². The number of methoxy groups -OCH3 is 1. The van der Waals surface area contributed by atoms with Gasteiger partial charge in [0.25, 0.3) is 0 Å². The normalized spacial score (nSPS) is 10.2. The molecule has 0 saturated heterocycles. The molecule has 0 amide bonds. The summed E-state index contributed by atoms with van der Waals surface area (Å²) in [4.78, 5) is 16.1. The molecule has 0 aliphatic heterocycles. The molecule has 6 heteroatoms. The first-order chi connectivity index (χ1) is 8.11. The van der Waals surface area contributed by atoms with E-state index in [0.717, 1.165) is 0 Å². The van der Waals surface area contributed by atoms with Gasteiger partial charge in [0.2, 0.25) is 5.78 Å². The number of aromatic nitrogens is 1. The lowest BCUT2D eigenvalue weighted by Crippen LogP contribution is -2.04. The highest BCUT2D eigenvalue weighted by Gasteiger charge is 2.17. The van der Waals surface area contributed by atoms with Gasteiger partial charge in [-0.2, -0.15) is 0 Å². The van der Waals surface area contributed by atoms with Crippen molar-refractivity contribution in [1.29, 1.82) is 0 Å². The summed E-state index contributed by atoms with van der Waals surface area (Å²) in [5.41, 5.74) is 6.17. The third-order valence-corrected chi connectivity index (χ3v) is 3.07. The fraction of sp³-hybridized carbons (Fsp3) is 0.0909. The number of halogens is 1. The molecule has 0 fully saturated rings. The number of nitrogens with zero attached hydrogens (tertiary/aromatic N) is 1. The summed E-state index contributed by atoms with van der Waals surface area (Å²) in [6.45, 7) is 0. The van der Waals surface area contributed by atoms with Crippen LogP contribution in [0.3, 0.4) is 0 Å². The molecular formula is C11H9ClN2O2S. The molecule has 0 spiro atoms. The first kappa shape index (κ1) is 11.9. The Morgan fingerprint density at radius 3 is 2.88 bits per heavy atom. The molecule has 0 atom stereocenters. The average Bonchev–Trinajstić information content (AvgIpc) is 2.75. The maximum Gasteiger partial charge on any atom is 0.216 e. The lowest BCUT2D eigenvalue weighted by atomic mass is 10.1. The molecule has 0 saturated carbocycles. The number of anilines is 1. The van der Waals surface area contributed by atoms with Gasteiger partial charge in [-0.25, -0.2) is 4.98 Å². The Bertz CT molecular complexity index is 568. The minimum atomic E-state index is -0.252. The molecule has 2 N–H and O–H groups in total. The molecule has 4 nitrogen and oxygen atoms in total. The summed E-state index contributed by atoms with van der Waals surface area (Å²) >= 11 is 7.08. The van der Waals surface area contributed by atoms with Gasteiger partial charge in [-0.05, 0) is 18.2 Å². The highest BCUT2D eigenvalue weighted by atomic mass is 35.5. The van der Waals surface area contributed by atoms with Crippen LogP contribution in [0.25, 0.3) is 0 Å². The number of carbonyl (C=O) groups is 1. The van der Waals surface area contributed by atoms with Crippen molar-refractivity contribution in [1.82, 2.24) is 4.98 Å². The Hall–Kier alpha value is -1.59. The van der Waals surface area contributed by atoms with Crippen LogP contribution in [0, 0.1) is 0 Å². The quantitative estimate of drug-likeness (QED) is 0.869. The van der Waals surface area contributed by atoms with Gasteiger partial charge >= 0.3 is 0 Å². The van der Waals surface area contributed by atoms with Gasteiger partial charge in [0.1, 0.15) is 11.4 Å². The summed E-state index contributed by atoms with van der Waals surface area (Å²) in [5, 5.41) is 2.43.